The number of carbonyl (C=O) groups is 3. The summed E-state index contributed by atoms with van der Waals surface area (Å²) in [7, 11) is 0. The summed E-state index contributed by atoms with van der Waals surface area (Å²) in [4.78, 5) is 33.1. The molecule has 8 nitrogen and oxygen atoms in total. The Morgan fingerprint density at radius 1 is 1.12 bits per heavy atom. The van der Waals surface area contributed by atoms with Crippen molar-refractivity contribution >= 4 is 18.0 Å². The van der Waals surface area contributed by atoms with Crippen molar-refractivity contribution in [3.8, 4) is 0 Å². The van der Waals surface area contributed by atoms with E-state index < -0.39 is 18.0 Å². The molecule has 0 aromatic rings. The second kappa shape index (κ2) is 7.97. The molecule has 0 heterocycles. The van der Waals surface area contributed by atoms with Gasteiger partial charge in [0.25, 0.3) is 0 Å². The average Bonchev–Trinajstić information content (AvgIpc) is 2.24. The van der Waals surface area contributed by atoms with Gasteiger partial charge in [0.05, 0.1) is 13.2 Å². The molecule has 0 saturated heterocycles. The van der Waals surface area contributed by atoms with E-state index >= 15 is 0 Å². The number of nitrogens with two attached hydrogens (primary N) is 1. The minimum Gasteiger partial charge on any atom is -0.462 e. The van der Waals surface area contributed by atoms with Gasteiger partial charge in [0.15, 0.2) is 5.57 Å². The number of carbonyl (C=O) groups excluding carboxylic acids is 3. The fraction of sp³-hybridized carbons (Fsp3) is 0.444. The second-order valence-corrected chi connectivity index (χ2v) is 2.63. The topological polar surface area (TPSA) is 120 Å². The average molecular weight is 245 g/mol. The molecule has 0 fully saturated rings. The van der Waals surface area contributed by atoms with E-state index in [0.717, 1.165) is 6.20 Å². The van der Waals surface area contributed by atoms with E-state index in [1.54, 1.807) is 13.8 Å². The van der Waals surface area contributed by atoms with E-state index in [4.69, 9.17) is 5.73 Å². The zero-order chi connectivity index (χ0) is 13.3. The van der Waals surface area contributed by atoms with Gasteiger partial charge in [-0.1, -0.05) is 0 Å². The summed E-state index contributed by atoms with van der Waals surface area (Å²) in [6.07, 6.45) is 0.945. The van der Waals surface area contributed by atoms with Crippen LogP contribution in [-0.2, 0) is 19.1 Å². The van der Waals surface area contributed by atoms with Crippen LogP contribution in [0.3, 0.4) is 0 Å². The number of hydrogen-bond donors (Lipinski definition) is 3. The molecular weight excluding hydrogens is 230 g/mol. The van der Waals surface area contributed by atoms with Crippen molar-refractivity contribution in [3.05, 3.63) is 11.8 Å². The van der Waals surface area contributed by atoms with Crippen molar-refractivity contribution in [2.45, 2.75) is 13.8 Å². The maximum atomic E-state index is 11.4. The van der Waals surface area contributed by atoms with Gasteiger partial charge in [-0.05, 0) is 13.8 Å². The summed E-state index contributed by atoms with van der Waals surface area (Å²) in [5.41, 5.74) is 8.54. The fourth-order valence-electron chi connectivity index (χ4n) is 0.798. The highest BCUT2D eigenvalue weighted by Crippen LogP contribution is 2.00. The maximum Gasteiger partial charge on any atom is 0.347 e. The third-order valence-electron chi connectivity index (χ3n) is 1.40. The molecule has 0 aliphatic heterocycles. The number of esters is 2. The number of primary amides is 1. The summed E-state index contributed by atoms with van der Waals surface area (Å²) < 4.78 is 9.27. The van der Waals surface area contributed by atoms with Gasteiger partial charge in [0, 0.05) is 6.20 Å². The monoisotopic (exact) mass is 245 g/mol. The van der Waals surface area contributed by atoms with Crippen molar-refractivity contribution in [1.29, 1.82) is 0 Å². The number of amides is 2. The quantitative estimate of drug-likeness (QED) is 0.185. The normalized spacial score (nSPS) is 8.82. The molecule has 17 heavy (non-hydrogen) atoms. The SMILES string of the molecule is CCOC(=O)C(=CNNC(N)=O)C(=O)OCC. The first-order valence-electron chi connectivity index (χ1n) is 4.88. The molecule has 2 amide bonds. The molecule has 0 spiro atoms. The van der Waals surface area contributed by atoms with Crippen LogP contribution in [0.5, 0.6) is 0 Å². The minimum atomic E-state index is -0.867. The number of urea groups is 1. The van der Waals surface area contributed by atoms with E-state index in [9.17, 15) is 14.4 Å². The Kier molecular flexibility index (Phi) is 6.91. The van der Waals surface area contributed by atoms with E-state index in [1.165, 1.54) is 0 Å². The fourth-order valence-corrected chi connectivity index (χ4v) is 0.798. The molecule has 0 unspecified atom stereocenters. The van der Waals surface area contributed by atoms with Crippen LogP contribution in [0.4, 0.5) is 4.79 Å². The maximum absolute atomic E-state index is 11.4. The van der Waals surface area contributed by atoms with E-state index in [-0.39, 0.29) is 18.8 Å². The Morgan fingerprint density at radius 3 is 1.94 bits per heavy atom. The van der Waals surface area contributed by atoms with Crippen molar-refractivity contribution in [1.82, 2.24) is 10.9 Å². The van der Waals surface area contributed by atoms with Gasteiger partial charge >= 0.3 is 18.0 Å². The zero-order valence-corrected chi connectivity index (χ0v) is 9.61. The van der Waals surface area contributed by atoms with Crippen LogP contribution < -0.4 is 16.6 Å². The van der Waals surface area contributed by atoms with E-state index in [1.807, 2.05) is 5.43 Å². The van der Waals surface area contributed by atoms with Crippen LogP contribution in [0, 0.1) is 0 Å². The molecule has 0 aromatic heterocycles. The van der Waals surface area contributed by atoms with Gasteiger partial charge in [0.1, 0.15) is 0 Å². The van der Waals surface area contributed by atoms with Crippen LogP contribution >= 0.6 is 0 Å². The van der Waals surface area contributed by atoms with Crippen LogP contribution in [0.2, 0.25) is 0 Å². The van der Waals surface area contributed by atoms with Crippen molar-refractivity contribution < 1.29 is 23.9 Å². The Hall–Kier alpha value is -2.25. The summed E-state index contributed by atoms with van der Waals surface area (Å²) in [6, 6.07) is -0.867. The van der Waals surface area contributed by atoms with E-state index in [2.05, 4.69) is 14.9 Å². The molecule has 8 heteroatoms. The number of hydrogen-bond acceptors (Lipinski definition) is 6. The van der Waals surface area contributed by atoms with Crippen LogP contribution in [0.1, 0.15) is 13.8 Å². The van der Waals surface area contributed by atoms with Crippen LogP contribution in [-0.4, -0.2) is 31.2 Å². The Labute approximate surface area is 98.1 Å². The predicted molar refractivity (Wildman–Crippen MR) is 57.2 cm³/mol. The highest BCUT2D eigenvalue weighted by atomic mass is 16.6. The molecule has 4 N–H and O–H groups in total. The highest BCUT2D eigenvalue weighted by Gasteiger charge is 2.20. The molecule has 0 aliphatic rings. The molecule has 0 aromatic carbocycles. The van der Waals surface area contributed by atoms with Gasteiger partial charge in [0.2, 0.25) is 0 Å². The zero-order valence-electron chi connectivity index (χ0n) is 9.61. The summed E-state index contributed by atoms with van der Waals surface area (Å²) in [6.45, 7) is 3.41. The second-order valence-electron chi connectivity index (χ2n) is 2.63. The van der Waals surface area contributed by atoms with Gasteiger partial charge in [-0.15, -0.1) is 0 Å². The third-order valence-corrected chi connectivity index (χ3v) is 1.40. The first-order chi connectivity index (χ1) is 8.02. The van der Waals surface area contributed by atoms with Gasteiger partial charge in [-0.25, -0.2) is 14.4 Å². The predicted octanol–water partition coefficient (Wildman–Crippen LogP) is -0.831. The number of hydrazine groups is 1. The van der Waals surface area contributed by atoms with E-state index in [0.29, 0.717) is 0 Å². The number of rotatable bonds is 6. The highest BCUT2D eigenvalue weighted by molar-refractivity contribution is 6.13. The van der Waals surface area contributed by atoms with Gasteiger partial charge in [-0.3, -0.25) is 5.43 Å². The Bertz CT molecular complexity index is 307. The lowest BCUT2D eigenvalue weighted by atomic mass is 10.3. The first kappa shape index (κ1) is 14.8. The van der Waals surface area contributed by atoms with Gasteiger partial charge in [-0.2, -0.15) is 0 Å². The molecule has 0 aliphatic carbocycles. The lowest BCUT2D eigenvalue weighted by molar-refractivity contribution is -0.146. The lowest BCUT2D eigenvalue weighted by Gasteiger charge is -2.07. The van der Waals surface area contributed by atoms with Crippen molar-refractivity contribution in [2.24, 2.45) is 5.73 Å². The molecule has 0 saturated carbocycles. The van der Waals surface area contributed by atoms with Crippen molar-refractivity contribution in [2.75, 3.05) is 13.2 Å². The number of nitrogens with one attached hydrogen (secondary N) is 2. The van der Waals surface area contributed by atoms with Crippen LogP contribution in [0.25, 0.3) is 0 Å². The molecule has 0 bridgehead atoms. The Morgan fingerprint density at radius 2 is 1.59 bits per heavy atom. The molecule has 96 valence electrons. The molecule has 0 rings (SSSR count). The third kappa shape index (κ3) is 6.03. The molecule has 0 radical (unpaired) electrons. The molecular formula is C9H15N3O5. The first-order valence-corrected chi connectivity index (χ1v) is 4.88. The summed E-state index contributed by atoms with van der Waals surface area (Å²) >= 11 is 0. The number of ether oxygens (including phenoxy) is 2. The van der Waals surface area contributed by atoms with Gasteiger partial charge < -0.3 is 20.6 Å². The molecule has 0 atom stereocenters. The largest absolute Gasteiger partial charge is 0.462 e. The summed E-state index contributed by atoms with van der Waals surface area (Å²) in [5, 5.41) is 0. The Balaban J connectivity index is 4.65. The smallest absolute Gasteiger partial charge is 0.347 e. The lowest BCUT2D eigenvalue weighted by Crippen LogP contribution is -2.38. The standard InChI is InChI=1S/C9H15N3O5/c1-3-16-7(13)6(8(14)17-4-2)5-11-12-9(10)15/h5,11H,3-4H2,1-2H3,(H3,10,12,15). The summed E-state index contributed by atoms with van der Waals surface area (Å²) in [5.74, 6) is -1.71. The minimum absolute atomic E-state index is 0.110. The van der Waals surface area contributed by atoms with Crippen molar-refractivity contribution in [3.63, 3.8) is 0 Å². The van der Waals surface area contributed by atoms with Crippen LogP contribution in [0.15, 0.2) is 11.8 Å².